The molecule has 1 aromatic carbocycles. The molecule has 0 aliphatic carbocycles. The van der Waals surface area contributed by atoms with E-state index in [9.17, 15) is 13.2 Å². The molecule has 6 nitrogen and oxygen atoms in total. The van der Waals surface area contributed by atoms with Gasteiger partial charge in [0.15, 0.2) is 0 Å². The fourth-order valence-corrected chi connectivity index (χ4v) is 2.30. The van der Waals surface area contributed by atoms with Gasteiger partial charge in [0.2, 0.25) is 0 Å². The van der Waals surface area contributed by atoms with E-state index < -0.39 is 22.2 Å². The van der Waals surface area contributed by atoms with Crippen LogP contribution in [-0.2, 0) is 15.0 Å². The van der Waals surface area contributed by atoms with Crippen LogP contribution in [0.25, 0.3) is 0 Å². The minimum Gasteiger partial charge on any atom is -0.480 e. The average molecular weight is 258 g/mol. The van der Waals surface area contributed by atoms with E-state index in [0.717, 1.165) is 0 Å². The van der Waals surface area contributed by atoms with E-state index in [2.05, 4.69) is 9.44 Å². The molecule has 0 saturated heterocycles. The van der Waals surface area contributed by atoms with Crippen molar-refractivity contribution in [3.05, 3.63) is 35.9 Å². The Hall–Kier alpha value is -1.44. The van der Waals surface area contributed by atoms with Crippen molar-refractivity contribution in [1.29, 1.82) is 0 Å². The monoisotopic (exact) mass is 258 g/mol. The Morgan fingerprint density at radius 2 is 1.94 bits per heavy atom. The first-order valence-electron chi connectivity index (χ1n) is 5.01. The maximum absolute atomic E-state index is 11.4. The highest BCUT2D eigenvalue weighted by molar-refractivity contribution is 7.87. The fourth-order valence-electron chi connectivity index (χ4n) is 1.29. The number of benzene rings is 1. The summed E-state index contributed by atoms with van der Waals surface area (Å²) in [4.78, 5) is 11.0. The van der Waals surface area contributed by atoms with Crippen LogP contribution in [-0.4, -0.2) is 26.0 Å². The number of nitrogens with one attached hydrogen (secondary N) is 2. The summed E-state index contributed by atoms with van der Waals surface area (Å²) < 4.78 is 27.1. The van der Waals surface area contributed by atoms with Gasteiger partial charge in [-0.3, -0.25) is 4.79 Å². The van der Waals surface area contributed by atoms with Crippen molar-refractivity contribution in [2.75, 3.05) is 6.54 Å². The lowest BCUT2D eigenvalue weighted by atomic mass is 10.1. The number of hydrogen-bond acceptors (Lipinski definition) is 3. The van der Waals surface area contributed by atoms with Crippen LogP contribution in [0, 0.1) is 0 Å². The topological polar surface area (TPSA) is 95.5 Å². The molecule has 7 heteroatoms. The Morgan fingerprint density at radius 1 is 1.35 bits per heavy atom. The average Bonchev–Trinajstić information content (AvgIpc) is 2.27. The molecule has 0 bridgehead atoms. The van der Waals surface area contributed by atoms with Crippen molar-refractivity contribution in [3.8, 4) is 0 Å². The Morgan fingerprint density at radius 3 is 2.41 bits per heavy atom. The Balaban J connectivity index is 2.93. The maximum Gasteiger partial charge on any atom is 0.326 e. The highest BCUT2D eigenvalue weighted by atomic mass is 32.2. The van der Waals surface area contributed by atoms with Gasteiger partial charge in [-0.05, 0) is 5.56 Å². The highest BCUT2D eigenvalue weighted by Gasteiger charge is 2.24. The first-order valence-corrected chi connectivity index (χ1v) is 6.49. The number of carboxylic acids is 1. The molecule has 0 radical (unpaired) electrons. The van der Waals surface area contributed by atoms with Gasteiger partial charge in [-0.1, -0.05) is 37.3 Å². The molecule has 0 fully saturated rings. The van der Waals surface area contributed by atoms with Gasteiger partial charge in [0, 0.05) is 6.54 Å². The lowest BCUT2D eigenvalue weighted by Crippen LogP contribution is -2.41. The van der Waals surface area contributed by atoms with Gasteiger partial charge in [-0.25, -0.2) is 4.72 Å². The van der Waals surface area contributed by atoms with Crippen LogP contribution >= 0.6 is 0 Å². The summed E-state index contributed by atoms with van der Waals surface area (Å²) in [5.74, 6) is -1.25. The van der Waals surface area contributed by atoms with Crippen LogP contribution in [0.5, 0.6) is 0 Å². The molecule has 0 saturated carbocycles. The van der Waals surface area contributed by atoms with Gasteiger partial charge in [-0.2, -0.15) is 13.1 Å². The minimum atomic E-state index is -3.80. The van der Waals surface area contributed by atoms with Gasteiger partial charge in [0.1, 0.15) is 6.04 Å². The molecule has 1 unspecified atom stereocenters. The van der Waals surface area contributed by atoms with Crippen LogP contribution in [0.15, 0.2) is 30.3 Å². The molecular formula is C10H14N2O4S. The molecular weight excluding hydrogens is 244 g/mol. The Labute approximate surface area is 99.8 Å². The van der Waals surface area contributed by atoms with E-state index in [1.54, 1.807) is 37.3 Å². The summed E-state index contributed by atoms with van der Waals surface area (Å²) in [7, 11) is -3.80. The smallest absolute Gasteiger partial charge is 0.326 e. The highest BCUT2D eigenvalue weighted by Crippen LogP contribution is 2.13. The Bertz CT molecular complexity index is 472. The normalized spacial score (nSPS) is 13.2. The number of carboxylic acid groups (broad SMARTS) is 1. The first kappa shape index (κ1) is 13.6. The van der Waals surface area contributed by atoms with Gasteiger partial charge < -0.3 is 5.11 Å². The second-order valence-corrected chi connectivity index (χ2v) is 4.83. The number of rotatable bonds is 6. The van der Waals surface area contributed by atoms with Crippen molar-refractivity contribution in [3.63, 3.8) is 0 Å². The molecule has 94 valence electrons. The van der Waals surface area contributed by atoms with Crippen molar-refractivity contribution < 1.29 is 18.3 Å². The summed E-state index contributed by atoms with van der Waals surface area (Å²) >= 11 is 0. The molecule has 0 aliphatic heterocycles. The summed E-state index contributed by atoms with van der Waals surface area (Å²) in [6, 6.07) is 6.82. The van der Waals surface area contributed by atoms with Crippen molar-refractivity contribution in [2.45, 2.75) is 13.0 Å². The molecule has 1 rings (SSSR count). The third-order valence-electron chi connectivity index (χ3n) is 1.99. The van der Waals surface area contributed by atoms with Crippen LogP contribution in [0.3, 0.4) is 0 Å². The molecule has 0 aromatic heterocycles. The first-order chi connectivity index (χ1) is 7.96. The molecule has 3 N–H and O–H groups in total. The summed E-state index contributed by atoms with van der Waals surface area (Å²) in [5, 5.41) is 9.00. The third-order valence-corrected chi connectivity index (χ3v) is 3.20. The second kappa shape index (κ2) is 5.76. The van der Waals surface area contributed by atoms with Crippen LogP contribution < -0.4 is 9.44 Å². The quantitative estimate of drug-likeness (QED) is 0.682. The van der Waals surface area contributed by atoms with E-state index in [4.69, 9.17) is 5.11 Å². The molecule has 0 amide bonds. The predicted octanol–water partition coefficient (Wildman–Crippen LogP) is 0.256. The lowest BCUT2D eigenvalue weighted by molar-refractivity contribution is -0.139. The molecule has 0 aliphatic rings. The predicted molar refractivity (Wildman–Crippen MR) is 62.6 cm³/mol. The van der Waals surface area contributed by atoms with E-state index >= 15 is 0 Å². The van der Waals surface area contributed by atoms with E-state index in [0.29, 0.717) is 5.56 Å². The largest absolute Gasteiger partial charge is 0.480 e. The van der Waals surface area contributed by atoms with Crippen molar-refractivity contribution in [2.24, 2.45) is 0 Å². The second-order valence-electron chi connectivity index (χ2n) is 3.30. The lowest BCUT2D eigenvalue weighted by Gasteiger charge is -2.14. The Kier molecular flexibility index (Phi) is 4.62. The van der Waals surface area contributed by atoms with Gasteiger partial charge in [-0.15, -0.1) is 0 Å². The number of hydrogen-bond donors (Lipinski definition) is 3. The van der Waals surface area contributed by atoms with E-state index in [-0.39, 0.29) is 6.54 Å². The maximum atomic E-state index is 11.4. The number of aliphatic carboxylic acids is 1. The molecule has 0 heterocycles. The summed E-state index contributed by atoms with van der Waals surface area (Å²) in [6.45, 7) is 1.80. The van der Waals surface area contributed by atoms with E-state index in [1.165, 1.54) is 0 Å². The zero-order chi connectivity index (χ0) is 12.9. The van der Waals surface area contributed by atoms with Gasteiger partial charge in [0.05, 0.1) is 0 Å². The minimum absolute atomic E-state index is 0.191. The molecule has 1 atom stereocenters. The van der Waals surface area contributed by atoms with Gasteiger partial charge >= 0.3 is 5.97 Å². The van der Waals surface area contributed by atoms with Crippen molar-refractivity contribution in [1.82, 2.24) is 9.44 Å². The summed E-state index contributed by atoms with van der Waals surface area (Å²) in [5.41, 5.74) is 0.376. The fraction of sp³-hybridized carbons (Fsp3) is 0.300. The van der Waals surface area contributed by atoms with Crippen LogP contribution in [0.4, 0.5) is 0 Å². The van der Waals surface area contributed by atoms with Crippen molar-refractivity contribution >= 4 is 16.2 Å². The van der Waals surface area contributed by atoms with E-state index in [1.807, 2.05) is 0 Å². The zero-order valence-corrected chi connectivity index (χ0v) is 10.1. The third kappa shape index (κ3) is 4.14. The zero-order valence-electron chi connectivity index (χ0n) is 9.25. The summed E-state index contributed by atoms with van der Waals surface area (Å²) in [6.07, 6.45) is 0. The standard InChI is InChI=1S/C10H14N2O4S/c1-2-11-17(15,16)12-9(10(13)14)8-6-4-3-5-7-8/h3-7,9,11-12H,2H2,1H3,(H,13,14). The molecule has 1 aromatic rings. The van der Waals surface area contributed by atoms with Gasteiger partial charge in [0.25, 0.3) is 10.2 Å². The van der Waals surface area contributed by atoms with Crippen LogP contribution in [0.1, 0.15) is 18.5 Å². The van der Waals surface area contributed by atoms with Crippen LogP contribution in [0.2, 0.25) is 0 Å². The molecule has 0 spiro atoms. The molecule has 17 heavy (non-hydrogen) atoms. The SMILES string of the molecule is CCNS(=O)(=O)NC(C(=O)O)c1ccccc1. The number of carbonyl (C=O) groups is 1.